The van der Waals surface area contributed by atoms with Crippen LogP contribution in [0.2, 0.25) is 0 Å². The number of aliphatic carboxylic acids is 1. The first kappa shape index (κ1) is 14.8. The van der Waals surface area contributed by atoms with E-state index in [1.807, 2.05) is 6.07 Å². The summed E-state index contributed by atoms with van der Waals surface area (Å²) >= 11 is 0. The lowest BCUT2D eigenvalue weighted by atomic mass is 10.1. The minimum absolute atomic E-state index is 0.204. The van der Waals surface area contributed by atoms with E-state index in [0.29, 0.717) is 5.69 Å². The molecule has 2 rings (SSSR count). The number of nitrogens with zero attached hydrogens (tertiary/aromatic N) is 1. The number of carboxylic acid groups (broad SMARTS) is 1. The molecule has 0 aliphatic carbocycles. The molecule has 0 spiro atoms. The highest BCUT2D eigenvalue weighted by molar-refractivity contribution is 6.02. The number of fused-ring (bicyclic) bond motifs is 1. The summed E-state index contributed by atoms with van der Waals surface area (Å²) < 4.78 is 0. The van der Waals surface area contributed by atoms with E-state index in [1.54, 1.807) is 44.4 Å². The molecule has 110 valence electrons. The average molecular weight is 287 g/mol. The van der Waals surface area contributed by atoms with Crippen LogP contribution in [0.15, 0.2) is 36.7 Å². The van der Waals surface area contributed by atoms with Gasteiger partial charge in [-0.05, 0) is 18.1 Å². The molecule has 3 N–H and O–H groups in total. The van der Waals surface area contributed by atoms with E-state index in [4.69, 9.17) is 5.11 Å². The minimum atomic E-state index is -1.05. The van der Waals surface area contributed by atoms with Crippen LogP contribution in [0.3, 0.4) is 0 Å². The first-order valence-corrected chi connectivity index (χ1v) is 6.62. The van der Waals surface area contributed by atoms with E-state index in [1.165, 1.54) is 0 Å². The number of hydrogen-bond donors (Lipinski definition) is 3. The summed E-state index contributed by atoms with van der Waals surface area (Å²) in [6, 6.07) is 5.77. The summed E-state index contributed by atoms with van der Waals surface area (Å²) in [5.41, 5.74) is 0.611. The van der Waals surface area contributed by atoms with Crippen LogP contribution < -0.4 is 10.6 Å². The number of carbonyl (C=O) groups excluding carboxylic acids is 1. The first-order valence-electron chi connectivity index (χ1n) is 6.62. The van der Waals surface area contributed by atoms with Crippen molar-refractivity contribution in [3.63, 3.8) is 0 Å². The van der Waals surface area contributed by atoms with Crippen LogP contribution in [0.4, 0.5) is 10.5 Å². The van der Waals surface area contributed by atoms with Gasteiger partial charge in [0.25, 0.3) is 0 Å². The second kappa shape index (κ2) is 6.21. The van der Waals surface area contributed by atoms with Gasteiger partial charge in [0.2, 0.25) is 0 Å². The van der Waals surface area contributed by atoms with Crippen LogP contribution in [-0.2, 0) is 4.79 Å². The number of nitrogens with one attached hydrogen (secondary N) is 2. The van der Waals surface area contributed by atoms with Crippen molar-refractivity contribution < 1.29 is 14.7 Å². The van der Waals surface area contributed by atoms with Gasteiger partial charge in [-0.25, -0.2) is 9.59 Å². The van der Waals surface area contributed by atoms with Crippen molar-refractivity contribution >= 4 is 28.5 Å². The predicted octanol–water partition coefficient (Wildman–Crippen LogP) is 2.47. The zero-order valence-electron chi connectivity index (χ0n) is 11.8. The third-order valence-electron chi connectivity index (χ3n) is 3.15. The van der Waals surface area contributed by atoms with Crippen molar-refractivity contribution in [3.05, 3.63) is 36.7 Å². The zero-order valence-corrected chi connectivity index (χ0v) is 11.8. The van der Waals surface area contributed by atoms with E-state index in [0.717, 1.165) is 10.8 Å². The fourth-order valence-electron chi connectivity index (χ4n) is 2.04. The van der Waals surface area contributed by atoms with Gasteiger partial charge in [0.1, 0.15) is 6.04 Å². The number of benzene rings is 1. The molecule has 1 heterocycles. The molecule has 0 radical (unpaired) electrons. The summed E-state index contributed by atoms with van der Waals surface area (Å²) in [6.07, 6.45) is 3.34. The standard InChI is InChI=1S/C15H17N3O3/c1-9(2)13(14(19)20)18-15(21)17-12-5-3-4-10-8-16-7-6-11(10)12/h3-9,13H,1-2H3,(H,19,20)(H2,17,18,21). The SMILES string of the molecule is CC(C)C(NC(=O)Nc1cccc2cnccc12)C(=O)O. The number of hydrogen-bond acceptors (Lipinski definition) is 3. The molecule has 1 atom stereocenters. The van der Waals surface area contributed by atoms with E-state index in [-0.39, 0.29) is 5.92 Å². The molecule has 0 saturated carbocycles. The van der Waals surface area contributed by atoms with Crippen LogP contribution >= 0.6 is 0 Å². The Labute approximate surface area is 122 Å². The summed E-state index contributed by atoms with van der Waals surface area (Å²) in [5, 5.41) is 16.0. The maximum Gasteiger partial charge on any atom is 0.326 e. The number of amides is 2. The zero-order chi connectivity index (χ0) is 15.4. The summed E-state index contributed by atoms with van der Waals surface area (Å²) in [7, 11) is 0. The Bertz CT molecular complexity index is 665. The molecule has 1 aromatic heterocycles. The highest BCUT2D eigenvalue weighted by atomic mass is 16.4. The average Bonchev–Trinajstić information content (AvgIpc) is 2.44. The molecule has 2 aromatic rings. The Morgan fingerprint density at radius 3 is 2.67 bits per heavy atom. The van der Waals surface area contributed by atoms with Gasteiger partial charge in [-0.2, -0.15) is 0 Å². The number of aromatic nitrogens is 1. The highest BCUT2D eigenvalue weighted by Crippen LogP contribution is 2.22. The number of carbonyl (C=O) groups is 2. The van der Waals surface area contributed by atoms with Crippen molar-refractivity contribution in [3.8, 4) is 0 Å². The molecule has 6 nitrogen and oxygen atoms in total. The van der Waals surface area contributed by atoms with E-state index >= 15 is 0 Å². The van der Waals surface area contributed by atoms with Crippen LogP contribution in [0.5, 0.6) is 0 Å². The van der Waals surface area contributed by atoms with Crippen LogP contribution in [0.1, 0.15) is 13.8 Å². The van der Waals surface area contributed by atoms with E-state index in [9.17, 15) is 9.59 Å². The van der Waals surface area contributed by atoms with Crippen molar-refractivity contribution in [2.45, 2.75) is 19.9 Å². The molecule has 1 unspecified atom stereocenters. The summed E-state index contributed by atoms with van der Waals surface area (Å²) in [5.74, 6) is -1.26. The number of anilines is 1. The van der Waals surface area contributed by atoms with Gasteiger partial charge < -0.3 is 15.7 Å². The maximum atomic E-state index is 12.0. The van der Waals surface area contributed by atoms with Gasteiger partial charge in [0.05, 0.1) is 5.69 Å². The summed E-state index contributed by atoms with van der Waals surface area (Å²) in [4.78, 5) is 27.1. The van der Waals surface area contributed by atoms with Gasteiger partial charge in [-0.3, -0.25) is 4.98 Å². The third kappa shape index (κ3) is 3.47. The largest absolute Gasteiger partial charge is 0.480 e. The van der Waals surface area contributed by atoms with Gasteiger partial charge in [-0.1, -0.05) is 26.0 Å². The van der Waals surface area contributed by atoms with Crippen molar-refractivity contribution in [2.24, 2.45) is 5.92 Å². The van der Waals surface area contributed by atoms with Crippen molar-refractivity contribution in [1.29, 1.82) is 0 Å². The maximum absolute atomic E-state index is 12.0. The molecule has 0 aliphatic heterocycles. The molecule has 0 saturated heterocycles. The highest BCUT2D eigenvalue weighted by Gasteiger charge is 2.23. The van der Waals surface area contributed by atoms with E-state index < -0.39 is 18.0 Å². The second-order valence-electron chi connectivity index (χ2n) is 5.06. The molecular weight excluding hydrogens is 270 g/mol. The van der Waals surface area contributed by atoms with Gasteiger partial charge in [-0.15, -0.1) is 0 Å². The van der Waals surface area contributed by atoms with E-state index in [2.05, 4.69) is 15.6 Å². The molecule has 1 aromatic carbocycles. The predicted molar refractivity (Wildman–Crippen MR) is 80.2 cm³/mol. The lowest BCUT2D eigenvalue weighted by molar-refractivity contribution is -0.140. The fraction of sp³-hybridized carbons (Fsp3) is 0.267. The molecular formula is C15H17N3O3. The quantitative estimate of drug-likeness (QED) is 0.805. The topological polar surface area (TPSA) is 91.3 Å². The number of carboxylic acids is 1. The van der Waals surface area contributed by atoms with Crippen LogP contribution in [-0.4, -0.2) is 28.1 Å². The van der Waals surface area contributed by atoms with Crippen LogP contribution in [0, 0.1) is 5.92 Å². The Hall–Kier alpha value is -2.63. The Balaban J connectivity index is 2.17. The lowest BCUT2D eigenvalue weighted by Gasteiger charge is -2.18. The van der Waals surface area contributed by atoms with Gasteiger partial charge in [0.15, 0.2) is 0 Å². The molecule has 0 fully saturated rings. The Morgan fingerprint density at radius 2 is 2.00 bits per heavy atom. The molecule has 6 heteroatoms. The van der Waals surface area contributed by atoms with Crippen LogP contribution in [0.25, 0.3) is 10.8 Å². The first-order chi connectivity index (χ1) is 9.99. The van der Waals surface area contributed by atoms with Crippen molar-refractivity contribution in [2.75, 3.05) is 5.32 Å². The van der Waals surface area contributed by atoms with Crippen molar-refractivity contribution in [1.82, 2.24) is 10.3 Å². The normalized spacial score (nSPS) is 12.1. The molecule has 0 aliphatic rings. The molecule has 2 amide bonds. The number of pyridine rings is 1. The Kier molecular flexibility index (Phi) is 4.37. The summed E-state index contributed by atoms with van der Waals surface area (Å²) in [6.45, 7) is 3.48. The molecule has 0 bridgehead atoms. The number of rotatable bonds is 4. The minimum Gasteiger partial charge on any atom is -0.480 e. The van der Waals surface area contributed by atoms with Gasteiger partial charge in [0, 0.05) is 23.2 Å². The smallest absolute Gasteiger partial charge is 0.326 e. The third-order valence-corrected chi connectivity index (χ3v) is 3.15. The Morgan fingerprint density at radius 1 is 1.24 bits per heavy atom. The molecule has 21 heavy (non-hydrogen) atoms. The lowest BCUT2D eigenvalue weighted by Crippen LogP contribution is -2.46. The monoisotopic (exact) mass is 287 g/mol. The van der Waals surface area contributed by atoms with Gasteiger partial charge >= 0.3 is 12.0 Å². The second-order valence-corrected chi connectivity index (χ2v) is 5.06. The number of urea groups is 1. The fourth-order valence-corrected chi connectivity index (χ4v) is 2.04.